The van der Waals surface area contributed by atoms with E-state index in [4.69, 9.17) is 0 Å². The average Bonchev–Trinajstić information content (AvgIpc) is 2.97. The molecule has 3 aromatic heterocycles. The first-order chi connectivity index (χ1) is 12.9. The van der Waals surface area contributed by atoms with Crippen LogP contribution in [0.2, 0.25) is 0 Å². The van der Waals surface area contributed by atoms with Gasteiger partial charge in [-0.3, -0.25) is 19.0 Å². The first-order valence-corrected chi connectivity index (χ1v) is 8.33. The van der Waals surface area contributed by atoms with Gasteiger partial charge in [-0.2, -0.15) is 5.10 Å². The van der Waals surface area contributed by atoms with E-state index in [1.165, 1.54) is 29.2 Å². The third kappa shape index (κ3) is 4.35. The first kappa shape index (κ1) is 18.2. The molecule has 3 rings (SSSR count). The minimum absolute atomic E-state index is 0.199. The second-order valence-corrected chi connectivity index (χ2v) is 5.99. The highest BCUT2D eigenvalue weighted by atomic mass is 16.2. The molecule has 10 heteroatoms. The van der Waals surface area contributed by atoms with E-state index in [1.807, 2.05) is 19.9 Å². The molecule has 3 aromatic rings. The van der Waals surface area contributed by atoms with Crippen molar-refractivity contribution in [3.8, 4) is 5.82 Å². The molecule has 0 fully saturated rings. The number of aryl methyl sites for hydroxylation is 2. The van der Waals surface area contributed by atoms with E-state index >= 15 is 0 Å². The summed E-state index contributed by atoms with van der Waals surface area (Å²) < 4.78 is 4.07. The van der Waals surface area contributed by atoms with Crippen LogP contribution in [-0.4, -0.2) is 41.6 Å². The van der Waals surface area contributed by atoms with E-state index in [9.17, 15) is 14.4 Å². The van der Waals surface area contributed by atoms with Gasteiger partial charge in [0.25, 0.3) is 11.1 Å². The van der Waals surface area contributed by atoms with Crippen molar-refractivity contribution in [1.82, 2.24) is 34.4 Å². The van der Waals surface area contributed by atoms with Crippen molar-refractivity contribution in [3.63, 3.8) is 0 Å². The molecule has 0 aliphatic carbocycles. The van der Waals surface area contributed by atoms with Gasteiger partial charge in [0, 0.05) is 37.1 Å². The van der Waals surface area contributed by atoms with E-state index in [-0.39, 0.29) is 36.7 Å². The van der Waals surface area contributed by atoms with Crippen molar-refractivity contribution < 1.29 is 4.79 Å². The van der Waals surface area contributed by atoms with Gasteiger partial charge in [-0.1, -0.05) is 0 Å². The van der Waals surface area contributed by atoms with Crippen molar-refractivity contribution >= 4 is 5.91 Å². The molecular formula is C17H19N7O3. The maximum Gasteiger partial charge on any atom is 0.267 e. The van der Waals surface area contributed by atoms with E-state index in [1.54, 1.807) is 10.7 Å². The van der Waals surface area contributed by atoms with Gasteiger partial charge in [0.2, 0.25) is 5.91 Å². The second kappa shape index (κ2) is 7.77. The van der Waals surface area contributed by atoms with Crippen LogP contribution in [-0.2, 0) is 17.9 Å². The smallest absolute Gasteiger partial charge is 0.267 e. The highest BCUT2D eigenvalue weighted by molar-refractivity contribution is 5.75. The van der Waals surface area contributed by atoms with Gasteiger partial charge < -0.3 is 5.32 Å². The van der Waals surface area contributed by atoms with E-state index in [0.29, 0.717) is 5.82 Å². The van der Waals surface area contributed by atoms with Crippen molar-refractivity contribution in [1.29, 1.82) is 0 Å². The standard InChI is InChI=1S/C17H19N7O3/c1-12-9-13(2)24(20-12)14-3-4-17(27)23(21-14)10-15(25)19-7-8-22-11-18-6-5-16(22)26/h3-6,9,11H,7-8,10H2,1-2H3,(H,19,25). The fraction of sp³-hybridized carbons (Fsp3) is 0.294. The zero-order chi connectivity index (χ0) is 19.4. The van der Waals surface area contributed by atoms with E-state index in [0.717, 1.165) is 16.1 Å². The van der Waals surface area contributed by atoms with E-state index < -0.39 is 0 Å². The summed E-state index contributed by atoms with van der Waals surface area (Å²) in [4.78, 5) is 39.6. The first-order valence-electron chi connectivity index (χ1n) is 8.33. The molecule has 0 atom stereocenters. The number of nitrogens with one attached hydrogen (secondary N) is 1. The molecule has 0 spiro atoms. The summed E-state index contributed by atoms with van der Waals surface area (Å²) >= 11 is 0. The lowest BCUT2D eigenvalue weighted by molar-refractivity contribution is -0.121. The molecule has 0 unspecified atom stereocenters. The van der Waals surface area contributed by atoms with Gasteiger partial charge in [0.05, 0.1) is 12.0 Å². The number of hydrogen-bond acceptors (Lipinski definition) is 6. The summed E-state index contributed by atoms with van der Waals surface area (Å²) in [6.45, 7) is 4.03. The lowest BCUT2D eigenvalue weighted by atomic mass is 10.4. The van der Waals surface area contributed by atoms with Crippen LogP contribution in [0.5, 0.6) is 0 Å². The number of hydrogen-bond donors (Lipinski definition) is 1. The Bertz CT molecular complexity index is 1080. The van der Waals surface area contributed by atoms with Crippen molar-refractivity contribution in [2.24, 2.45) is 0 Å². The molecule has 0 saturated carbocycles. The monoisotopic (exact) mass is 369 g/mol. The molecule has 0 saturated heterocycles. The SMILES string of the molecule is Cc1cc(C)n(-c2ccc(=O)n(CC(=O)NCCn3cnccc3=O)n2)n1. The van der Waals surface area contributed by atoms with Crippen LogP contribution in [0.15, 0.2) is 46.4 Å². The van der Waals surface area contributed by atoms with Crippen LogP contribution in [0.4, 0.5) is 0 Å². The van der Waals surface area contributed by atoms with Gasteiger partial charge >= 0.3 is 0 Å². The van der Waals surface area contributed by atoms with Gasteiger partial charge in [-0.25, -0.2) is 14.3 Å². The number of rotatable bonds is 6. The Morgan fingerprint density at radius 3 is 2.63 bits per heavy atom. The number of amides is 1. The second-order valence-electron chi connectivity index (χ2n) is 5.99. The molecule has 10 nitrogen and oxygen atoms in total. The lowest BCUT2D eigenvalue weighted by Gasteiger charge is -2.09. The molecule has 3 heterocycles. The van der Waals surface area contributed by atoms with Crippen LogP contribution in [0, 0.1) is 13.8 Å². The maximum atomic E-state index is 12.1. The number of aromatic nitrogens is 6. The molecule has 27 heavy (non-hydrogen) atoms. The van der Waals surface area contributed by atoms with E-state index in [2.05, 4.69) is 20.5 Å². The van der Waals surface area contributed by atoms with Gasteiger partial charge in [0.15, 0.2) is 5.82 Å². The lowest BCUT2D eigenvalue weighted by Crippen LogP contribution is -2.36. The third-order valence-electron chi connectivity index (χ3n) is 3.84. The normalized spacial score (nSPS) is 10.7. The molecule has 0 bridgehead atoms. The Morgan fingerprint density at radius 1 is 1.11 bits per heavy atom. The largest absolute Gasteiger partial charge is 0.353 e. The summed E-state index contributed by atoms with van der Waals surface area (Å²) in [6, 6.07) is 6.15. The number of carbonyl (C=O) groups excluding carboxylic acids is 1. The average molecular weight is 369 g/mol. The van der Waals surface area contributed by atoms with Gasteiger partial charge in [-0.05, 0) is 26.0 Å². The summed E-state index contributed by atoms with van der Waals surface area (Å²) in [7, 11) is 0. The topological polar surface area (TPSA) is 117 Å². The minimum Gasteiger partial charge on any atom is -0.353 e. The highest BCUT2D eigenvalue weighted by Crippen LogP contribution is 2.07. The third-order valence-corrected chi connectivity index (χ3v) is 3.84. The van der Waals surface area contributed by atoms with Crippen molar-refractivity contribution in [2.45, 2.75) is 26.9 Å². The van der Waals surface area contributed by atoms with Crippen molar-refractivity contribution in [2.75, 3.05) is 6.54 Å². The zero-order valence-electron chi connectivity index (χ0n) is 15.0. The summed E-state index contributed by atoms with van der Waals surface area (Å²) in [5, 5.41) is 11.2. The zero-order valence-corrected chi connectivity index (χ0v) is 15.0. The minimum atomic E-state index is -0.390. The molecule has 0 aliphatic rings. The quantitative estimate of drug-likeness (QED) is 0.621. The molecule has 0 aromatic carbocycles. The number of nitrogens with zero attached hydrogens (tertiary/aromatic N) is 6. The number of carbonyl (C=O) groups is 1. The summed E-state index contributed by atoms with van der Waals surface area (Å²) in [5.74, 6) is 0.0713. The van der Waals surface area contributed by atoms with Gasteiger partial charge in [-0.15, -0.1) is 5.10 Å². The summed E-state index contributed by atoms with van der Waals surface area (Å²) in [6.07, 6.45) is 2.81. The summed E-state index contributed by atoms with van der Waals surface area (Å²) in [5.41, 5.74) is 1.11. The molecule has 0 radical (unpaired) electrons. The fourth-order valence-electron chi connectivity index (χ4n) is 2.58. The van der Waals surface area contributed by atoms with Crippen LogP contribution >= 0.6 is 0 Å². The van der Waals surface area contributed by atoms with Gasteiger partial charge in [0.1, 0.15) is 6.54 Å². The predicted octanol–water partition coefficient (Wildman–Crippen LogP) is -0.581. The Kier molecular flexibility index (Phi) is 5.25. The molecular weight excluding hydrogens is 350 g/mol. The Balaban J connectivity index is 1.66. The van der Waals surface area contributed by atoms with Crippen LogP contribution < -0.4 is 16.4 Å². The molecule has 140 valence electrons. The predicted molar refractivity (Wildman–Crippen MR) is 96.6 cm³/mol. The maximum absolute atomic E-state index is 12.1. The molecule has 1 N–H and O–H groups in total. The Morgan fingerprint density at radius 2 is 1.93 bits per heavy atom. The Labute approximate surface area is 154 Å². The fourth-order valence-corrected chi connectivity index (χ4v) is 2.58. The Hall–Kier alpha value is -3.56. The van der Waals surface area contributed by atoms with Crippen LogP contribution in [0.1, 0.15) is 11.4 Å². The van der Waals surface area contributed by atoms with Crippen LogP contribution in [0.3, 0.4) is 0 Å². The molecule has 0 aliphatic heterocycles. The van der Waals surface area contributed by atoms with Crippen LogP contribution in [0.25, 0.3) is 5.82 Å². The highest BCUT2D eigenvalue weighted by Gasteiger charge is 2.10. The van der Waals surface area contributed by atoms with Crippen molar-refractivity contribution in [3.05, 3.63) is 68.9 Å². The molecule has 1 amide bonds.